The number of pyridine rings is 1. The molecule has 0 fully saturated rings. The van der Waals surface area contributed by atoms with Crippen molar-refractivity contribution < 1.29 is 4.74 Å². The zero-order chi connectivity index (χ0) is 12.1. The summed E-state index contributed by atoms with van der Waals surface area (Å²) in [4.78, 5) is 4.45. The number of aryl methyl sites for hydroxylation is 2. The molecule has 0 radical (unpaired) electrons. The molecular formula is C13H17N3O. The molecule has 0 saturated carbocycles. The summed E-state index contributed by atoms with van der Waals surface area (Å²) in [5.41, 5.74) is 2.87. The van der Waals surface area contributed by atoms with E-state index < -0.39 is 0 Å². The van der Waals surface area contributed by atoms with Crippen LogP contribution in [0.3, 0.4) is 0 Å². The van der Waals surface area contributed by atoms with Gasteiger partial charge in [-0.1, -0.05) is 6.92 Å². The fraction of sp³-hybridized carbons (Fsp3) is 0.538. The van der Waals surface area contributed by atoms with Gasteiger partial charge in [-0.05, 0) is 37.4 Å². The van der Waals surface area contributed by atoms with Crippen molar-refractivity contribution in [2.75, 3.05) is 19.7 Å². The first-order valence-corrected chi connectivity index (χ1v) is 6.11. The number of rotatable bonds is 5. The number of likely N-dealkylation sites (N-methyl/N-ethyl adjacent to an activating group) is 1. The van der Waals surface area contributed by atoms with Crippen molar-refractivity contribution in [1.82, 2.24) is 10.3 Å². The monoisotopic (exact) mass is 231 g/mol. The van der Waals surface area contributed by atoms with Crippen LogP contribution in [0.1, 0.15) is 30.2 Å². The first-order chi connectivity index (χ1) is 8.35. The smallest absolute Gasteiger partial charge is 0.231 e. The molecule has 0 atom stereocenters. The number of nitrogens with zero attached hydrogens (tertiary/aromatic N) is 2. The van der Waals surface area contributed by atoms with Crippen LogP contribution in [0.5, 0.6) is 5.88 Å². The number of nitrogens with one attached hydrogen (secondary N) is 1. The zero-order valence-corrected chi connectivity index (χ0v) is 10.1. The second-order valence-electron chi connectivity index (χ2n) is 4.11. The van der Waals surface area contributed by atoms with Crippen LogP contribution in [-0.2, 0) is 12.8 Å². The number of aromatic nitrogens is 1. The summed E-state index contributed by atoms with van der Waals surface area (Å²) in [6, 6.07) is 4.09. The standard InChI is InChI=1S/C13H17N3O/c1-2-15-6-7-17-13-11(9-14)8-10-4-3-5-12(10)16-13/h8,15H,2-7H2,1H3. The quantitative estimate of drug-likeness (QED) is 0.779. The zero-order valence-electron chi connectivity index (χ0n) is 10.1. The van der Waals surface area contributed by atoms with Gasteiger partial charge in [0.25, 0.3) is 0 Å². The Morgan fingerprint density at radius 1 is 1.53 bits per heavy atom. The lowest BCUT2D eigenvalue weighted by Gasteiger charge is -2.09. The number of nitriles is 1. The van der Waals surface area contributed by atoms with E-state index in [4.69, 9.17) is 10.00 Å². The normalized spacial score (nSPS) is 13.2. The van der Waals surface area contributed by atoms with Gasteiger partial charge in [0.2, 0.25) is 5.88 Å². The van der Waals surface area contributed by atoms with Gasteiger partial charge in [-0.2, -0.15) is 5.26 Å². The van der Waals surface area contributed by atoms with E-state index >= 15 is 0 Å². The fourth-order valence-corrected chi connectivity index (χ4v) is 2.04. The van der Waals surface area contributed by atoms with Gasteiger partial charge in [-0.3, -0.25) is 0 Å². The summed E-state index contributed by atoms with van der Waals surface area (Å²) >= 11 is 0. The van der Waals surface area contributed by atoms with Crippen LogP contribution in [-0.4, -0.2) is 24.7 Å². The Kier molecular flexibility index (Phi) is 3.94. The Morgan fingerprint density at radius 3 is 3.18 bits per heavy atom. The second-order valence-corrected chi connectivity index (χ2v) is 4.11. The molecule has 17 heavy (non-hydrogen) atoms. The van der Waals surface area contributed by atoms with Gasteiger partial charge < -0.3 is 10.1 Å². The van der Waals surface area contributed by atoms with E-state index in [-0.39, 0.29) is 0 Å². The molecule has 0 saturated heterocycles. The van der Waals surface area contributed by atoms with Gasteiger partial charge in [0, 0.05) is 12.2 Å². The van der Waals surface area contributed by atoms with Crippen LogP contribution >= 0.6 is 0 Å². The Labute approximate surface area is 102 Å². The minimum Gasteiger partial charge on any atom is -0.475 e. The van der Waals surface area contributed by atoms with Gasteiger partial charge >= 0.3 is 0 Å². The Hall–Kier alpha value is -1.60. The first-order valence-electron chi connectivity index (χ1n) is 6.11. The summed E-state index contributed by atoms with van der Waals surface area (Å²) < 4.78 is 5.56. The maximum Gasteiger partial charge on any atom is 0.231 e. The van der Waals surface area contributed by atoms with Crippen LogP contribution in [0.15, 0.2) is 6.07 Å². The van der Waals surface area contributed by atoms with Gasteiger partial charge in [0.05, 0.1) is 0 Å². The van der Waals surface area contributed by atoms with Crippen LogP contribution in [0, 0.1) is 11.3 Å². The molecule has 0 amide bonds. The summed E-state index contributed by atoms with van der Waals surface area (Å²) in [6.45, 7) is 4.30. The molecule has 1 aliphatic carbocycles. The minimum absolute atomic E-state index is 0.492. The highest BCUT2D eigenvalue weighted by molar-refractivity contribution is 5.44. The molecule has 1 aromatic rings. The van der Waals surface area contributed by atoms with E-state index in [0.29, 0.717) is 18.1 Å². The molecular weight excluding hydrogens is 214 g/mol. The molecule has 0 aliphatic heterocycles. The SMILES string of the molecule is CCNCCOc1nc2c(cc1C#N)CCC2. The number of hydrogen-bond donors (Lipinski definition) is 1. The third kappa shape index (κ3) is 2.75. The molecule has 0 unspecified atom stereocenters. The maximum absolute atomic E-state index is 9.07. The predicted octanol–water partition coefficient (Wildman–Crippen LogP) is 1.43. The lowest BCUT2D eigenvalue weighted by Crippen LogP contribution is -2.20. The van der Waals surface area contributed by atoms with Crippen LogP contribution < -0.4 is 10.1 Å². The highest BCUT2D eigenvalue weighted by Crippen LogP contribution is 2.25. The average Bonchev–Trinajstić information content (AvgIpc) is 2.80. The van der Waals surface area contributed by atoms with Gasteiger partial charge in [-0.25, -0.2) is 4.98 Å². The maximum atomic E-state index is 9.07. The lowest BCUT2D eigenvalue weighted by atomic mass is 10.1. The van der Waals surface area contributed by atoms with E-state index in [9.17, 15) is 0 Å². The summed E-state index contributed by atoms with van der Waals surface area (Å²) in [7, 11) is 0. The molecule has 4 nitrogen and oxygen atoms in total. The average molecular weight is 231 g/mol. The Morgan fingerprint density at radius 2 is 2.41 bits per heavy atom. The molecule has 0 spiro atoms. The van der Waals surface area contributed by atoms with E-state index in [1.54, 1.807) is 0 Å². The van der Waals surface area contributed by atoms with E-state index in [0.717, 1.165) is 38.0 Å². The third-order valence-electron chi connectivity index (χ3n) is 2.90. The van der Waals surface area contributed by atoms with E-state index in [1.807, 2.05) is 13.0 Å². The highest BCUT2D eigenvalue weighted by atomic mass is 16.5. The molecule has 0 bridgehead atoms. The van der Waals surface area contributed by atoms with Crippen molar-refractivity contribution in [1.29, 1.82) is 5.26 Å². The summed E-state index contributed by atoms with van der Waals surface area (Å²) in [6.07, 6.45) is 3.17. The van der Waals surface area contributed by atoms with Crippen molar-refractivity contribution in [2.45, 2.75) is 26.2 Å². The third-order valence-corrected chi connectivity index (χ3v) is 2.90. The van der Waals surface area contributed by atoms with Gasteiger partial charge in [0.15, 0.2) is 0 Å². The van der Waals surface area contributed by atoms with Crippen LogP contribution in [0.4, 0.5) is 0 Å². The number of hydrogen-bond acceptors (Lipinski definition) is 4. The Balaban J connectivity index is 2.08. The molecule has 2 rings (SSSR count). The largest absolute Gasteiger partial charge is 0.475 e. The van der Waals surface area contributed by atoms with Crippen molar-refractivity contribution >= 4 is 0 Å². The van der Waals surface area contributed by atoms with Gasteiger partial charge in [-0.15, -0.1) is 0 Å². The highest BCUT2D eigenvalue weighted by Gasteiger charge is 2.16. The fourth-order valence-electron chi connectivity index (χ4n) is 2.04. The minimum atomic E-state index is 0.492. The van der Waals surface area contributed by atoms with Crippen LogP contribution in [0.2, 0.25) is 0 Å². The molecule has 1 N–H and O–H groups in total. The molecule has 4 heteroatoms. The van der Waals surface area contributed by atoms with E-state index in [2.05, 4.69) is 16.4 Å². The lowest BCUT2D eigenvalue weighted by molar-refractivity contribution is 0.302. The first kappa shape index (κ1) is 11.9. The van der Waals surface area contributed by atoms with Crippen molar-refractivity contribution in [3.63, 3.8) is 0 Å². The van der Waals surface area contributed by atoms with Crippen LogP contribution in [0.25, 0.3) is 0 Å². The van der Waals surface area contributed by atoms with E-state index in [1.165, 1.54) is 5.56 Å². The molecule has 90 valence electrons. The summed E-state index contributed by atoms with van der Waals surface area (Å²) in [5, 5.41) is 12.2. The summed E-state index contributed by atoms with van der Waals surface area (Å²) in [5.74, 6) is 0.492. The number of fused-ring (bicyclic) bond motifs is 1. The Bertz CT molecular complexity index is 437. The molecule has 1 aromatic heterocycles. The second kappa shape index (κ2) is 5.65. The molecule has 1 aliphatic rings. The van der Waals surface area contributed by atoms with Crippen molar-refractivity contribution in [3.8, 4) is 11.9 Å². The molecule has 0 aromatic carbocycles. The van der Waals surface area contributed by atoms with Crippen molar-refractivity contribution in [3.05, 3.63) is 22.9 Å². The molecule has 1 heterocycles. The topological polar surface area (TPSA) is 57.9 Å². The number of ether oxygens (including phenoxy) is 1. The predicted molar refractivity (Wildman–Crippen MR) is 65.0 cm³/mol. The van der Waals surface area contributed by atoms with Crippen molar-refractivity contribution in [2.24, 2.45) is 0 Å². The van der Waals surface area contributed by atoms with Gasteiger partial charge in [0.1, 0.15) is 18.2 Å².